The molecule has 1 atom stereocenters. The van der Waals surface area contributed by atoms with Crippen molar-refractivity contribution in [3.63, 3.8) is 0 Å². The van der Waals surface area contributed by atoms with E-state index in [1.807, 2.05) is 0 Å². The molecule has 2 N–H and O–H groups in total. The predicted octanol–water partition coefficient (Wildman–Crippen LogP) is 7.34. The van der Waals surface area contributed by atoms with Crippen molar-refractivity contribution in [1.82, 2.24) is 4.90 Å². The standard InChI is InChI=1S/C31H20ClF5N2O5/c1-44-21-5-2-15(3-6-21)14-39-27(22-13-19(33)4-7-24(22)32)26-23(29(39)41)10-17(30(42)43)11-25(26)38-28(40)16-8-18(31(35,36)37)12-20(34)9-16/h2-13,27H,14H2,1H3,(H,38,40)(H,42,43). The maximum Gasteiger partial charge on any atom is 0.416 e. The lowest BCUT2D eigenvalue weighted by Crippen LogP contribution is -2.28. The molecular weight excluding hydrogens is 611 g/mol. The van der Waals surface area contributed by atoms with Crippen molar-refractivity contribution in [2.45, 2.75) is 18.8 Å². The molecule has 1 aliphatic heterocycles. The zero-order chi connectivity index (χ0) is 31.9. The normalized spacial score (nSPS) is 14.4. The van der Waals surface area contributed by atoms with Crippen LogP contribution in [0.2, 0.25) is 5.02 Å². The molecule has 0 radical (unpaired) electrons. The van der Waals surface area contributed by atoms with E-state index in [1.165, 1.54) is 18.1 Å². The summed E-state index contributed by atoms with van der Waals surface area (Å²) >= 11 is 6.46. The largest absolute Gasteiger partial charge is 0.497 e. The number of ether oxygens (including phenoxy) is 1. The predicted molar refractivity (Wildman–Crippen MR) is 149 cm³/mol. The molecule has 2 amide bonds. The molecule has 226 valence electrons. The quantitative estimate of drug-likeness (QED) is 0.208. The SMILES string of the molecule is COc1ccc(CN2C(=O)c3cc(C(=O)O)cc(NC(=O)c4cc(F)cc(C(F)(F)F)c4)c3C2c2cc(F)ccc2Cl)cc1. The third kappa shape index (κ3) is 5.93. The molecule has 1 unspecified atom stereocenters. The minimum absolute atomic E-state index is 0.0156. The Morgan fingerprint density at radius 3 is 2.30 bits per heavy atom. The summed E-state index contributed by atoms with van der Waals surface area (Å²) in [7, 11) is 1.47. The number of fused-ring (bicyclic) bond motifs is 1. The molecule has 0 spiro atoms. The van der Waals surface area contributed by atoms with Crippen molar-refractivity contribution in [1.29, 1.82) is 0 Å². The molecule has 0 saturated heterocycles. The fourth-order valence-corrected chi connectivity index (χ4v) is 5.22. The summed E-state index contributed by atoms with van der Waals surface area (Å²) < 4.78 is 73.8. The molecule has 0 bridgehead atoms. The van der Waals surface area contributed by atoms with E-state index in [0.29, 0.717) is 23.4 Å². The van der Waals surface area contributed by atoms with Gasteiger partial charge in [-0.25, -0.2) is 13.6 Å². The summed E-state index contributed by atoms with van der Waals surface area (Å²) in [6.07, 6.45) is -4.96. The second-order valence-corrected chi connectivity index (χ2v) is 10.2. The van der Waals surface area contributed by atoms with Crippen LogP contribution in [-0.2, 0) is 12.7 Å². The number of alkyl halides is 3. The number of amides is 2. The van der Waals surface area contributed by atoms with Crippen LogP contribution in [0.25, 0.3) is 0 Å². The number of benzene rings is 4. The highest BCUT2D eigenvalue weighted by Gasteiger charge is 2.42. The van der Waals surface area contributed by atoms with Gasteiger partial charge >= 0.3 is 12.1 Å². The van der Waals surface area contributed by atoms with Crippen molar-refractivity contribution in [3.8, 4) is 5.75 Å². The Bertz CT molecular complexity index is 1810. The number of carboxylic acids is 1. The van der Waals surface area contributed by atoms with Gasteiger partial charge in [0, 0.05) is 39.5 Å². The Morgan fingerprint density at radius 2 is 1.66 bits per heavy atom. The number of nitrogens with zero attached hydrogens (tertiary/aromatic N) is 1. The number of nitrogens with one attached hydrogen (secondary N) is 1. The van der Waals surface area contributed by atoms with Gasteiger partial charge in [-0.3, -0.25) is 9.59 Å². The lowest BCUT2D eigenvalue weighted by molar-refractivity contribution is -0.137. The van der Waals surface area contributed by atoms with Gasteiger partial charge in [0.05, 0.1) is 24.3 Å². The lowest BCUT2D eigenvalue weighted by Gasteiger charge is -2.28. The number of methoxy groups -OCH3 is 1. The number of hydrogen-bond acceptors (Lipinski definition) is 4. The van der Waals surface area contributed by atoms with Gasteiger partial charge in [-0.2, -0.15) is 13.2 Å². The molecule has 0 aromatic heterocycles. The minimum atomic E-state index is -4.96. The number of carboxylic acid groups (broad SMARTS) is 1. The van der Waals surface area contributed by atoms with Crippen molar-refractivity contribution >= 4 is 35.1 Å². The van der Waals surface area contributed by atoms with E-state index in [0.717, 1.165) is 24.3 Å². The molecule has 44 heavy (non-hydrogen) atoms. The molecule has 1 aliphatic rings. The van der Waals surface area contributed by atoms with Crippen LogP contribution in [-0.4, -0.2) is 34.9 Å². The van der Waals surface area contributed by atoms with E-state index in [9.17, 15) is 41.4 Å². The van der Waals surface area contributed by atoms with Gasteiger partial charge in [-0.15, -0.1) is 0 Å². The van der Waals surface area contributed by atoms with Crippen LogP contribution < -0.4 is 10.1 Å². The molecule has 4 aromatic carbocycles. The molecular formula is C31H20ClF5N2O5. The first-order chi connectivity index (χ1) is 20.8. The van der Waals surface area contributed by atoms with Gasteiger partial charge in [0.2, 0.25) is 0 Å². The minimum Gasteiger partial charge on any atom is -0.497 e. The Kier molecular flexibility index (Phi) is 8.04. The first kappa shape index (κ1) is 30.5. The van der Waals surface area contributed by atoms with Crippen LogP contribution in [0.15, 0.2) is 72.8 Å². The smallest absolute Gasteiger partial charge is 0.416 e. The maximum atomic E-state index is 14.5. The van der Waals surface area contributed by atoms with E-state index < -0.39 is 58.3 Å². The summed E-state index contributed by atoms with van der Waals surface area (Å²) in [5, 5.41) is 12.1. The number of aromatic carboxylic acids is 1. The highest BCUT2D eigenvalue weighted by molar-refractivity contribution is 6.31. The van der Waals surface area contributed by atoms with E-state index in [1.54, 1.807) is 24.3 Å². The summed E-state index contributed by atoms with van der Waals surface area (Å²) in [5.74, 6) is -4.89. The summed E-state index contributed by atoms with van der Waals surface area (Å²) in [4.78, 5) is 40.4. The highest BCUT2D eigenvalue weighted by atomic mass is 35.5. The lowest BCUT2D eigenvalue weighted by atomic mass is 9.93. The highest BCUT2D eigenvalue weighted by Crippen LogP contribution is 2.46. The number of halogens is 6. The van der Waals surface area contributed by atoms with Crippen molar-refractivity contribution < 1.29 is 46.2 Å². The third-order valence-corrected chi connectivity index (χ3v) is 7.35. The van der Waals surface area contributed by atoms with E-state index >= 15 is 0 Å². The summed E-state index contributed by atoms with van der Waals surface area (Å²) in [5.41, 5.74) is -2.30. The molecule has 0 saturated carbocycles. The van der Waals surface area contributed by atoms with E-state index in [2.05, 4.69) is 5.32 Å². The Balaban J connectivity index is 1.67. The zero-order valence-electron chi connectivity index (χ0n) is 22.5. The fourth-order valence-electron chi connectivity index (χ4n) is 5.00. The van der Waals surface area contributed by atoms with Crippen molar-refractivity contribution in [2.24, 2.45) is 0 Å². The van der Waals surface area contributed by atoms with Gasteiger partial charge in [0.25, 0.3) is 11.8 Å². The van der Waals surface area contributed by atoms with Crippen LogP contribution in [0, 0.1) is 11.6 Å². The average molecular weight is 631 g/mol. The number of carbonyl (C=O) groups excluding carboxylic acids is 2. The molecule has 13 heteroatoms. The molecule has 4 aromatic rings. The summed E-state index contributed by atoms with van der Waals surface area (Å²) in [6.45, 7) is -0.0797. The van der Waals surface area contributed by atoms with Gasteiger partial charge in [0.1, 0.15) is 17.4 Å². The van der Waals surface area contributed by atoms with Crippen LogP contribution in [0.5, 0.6) is 5.75 Å². The van der Waals surface area contributed by atoms with Gasteiger partial charge in [-0.1, -0.05) is 23.7 Å². The number of anilines is 1. The summed E-state index contributed by atoms with van der Waals surface area (Å²) in [6, 6.07) is 12.2. The first-order valence-corrected chi connectivity index (χ1v) is 13.1. The number of rotatable bonds is 7. The van der Waals surface area contributed by atoms with Crippen molar-refractivity contribution in [3.05, 3.63) is 128 Å². The monoisotopic (exact) mass is 630 g/mol. The van der Waals surface area contributed by atoms with Gasteiger partial charge < -0.3 is 20.1 Å². The topological polar surface area (TPSA) is 95.9 Å². The maximum absolute atomic E-state index is 14.5. The first-order valence-electron chi connectivity index (χ1n) is 12.8. The molecule has 7 nitrogen and oxygen atoms in total. The average Bonchev–Trinajstić information content (AvgIpc) is 3.24. The van der Waals surface area contributed by atoms with Crippen LogP contribution in [0.1, 0.15) is 59.4 Å². The van der Waals surface area contributed by atoms with Crippen LogP contribution in [0.4, 0.5) is 27.6 Å². The Morgan fingerprint density at radius 1 is 0.955 bits per heavy atom. The van der Waals surface area contributed by atoms with Gasteiger partial charge in [-0.05, 0) is 66.2 Å². The van der Waals surface area contributed by atoms with Gasteiger partial charge in [0.15, 0.2) is 0 Å². The molecule has 0 fully saturated rings. The zero-order valence-corrected chi connectivity index (χ0v) is 23.3. The molecule has 1 heterocycles. The fraction of sp³-hybridized carbons (Fsp3) is 0.129. The van der Waals surface area contributed by atoms with Crippen LogP contribution >= 0.6 is 11.6 Å². The second-order valence-electron chi connectivity index (χ2n) is 9.82. The third-order valence-electron chi connectivity index (χ3n) is 7.00. The Labute approximate surface area is 251 Å². The van der Waals surface area contributed by atoms with E-state index in [4.69, 9.17) is 16.3 Å². The molecule has 0 aliphatic carbocycles. The van der Waals surface area contributed by atoms with Crippen LogP contribution in [0.3, 0.4) is 0 Å². The molecule has 5 rings (SSSR count). The number of carbonyl (C=O) groups is 3. The van der Waals surface area contributed by atoms with E-state index in [-0.39, 0.29) is 40.0 Å². The second kappa shape index (κ2) is 11.6. The number of hydrogen-bond donors (Lipinski definition) is 2. The van der Waals surface area contributed by atoms with Crippen molar-refractivity contribution in [2.75, 3.05) is 12.4 Å². The Hall–Kier alpha value is -4.97.